The predicted octanol–water partition coefficient (Wildman–Crippen LogP) is 2.50. The van der Waals surface area contributed by atoms with Crippen molar-refractivity contribution < 1.29 is 4.39 Å². The van der Waals surface area contributed by atoms with Crippen LogP contribution in [0.3, 0.4) is 0 Å². The van der Waals surface area contributed by atoms with E-state index < -0.39 is 0 Å². The zero-order valence-corrected chi connectivity index (χ0v) is 13.5. The highest BCUT2D eigenvalue weighted by Gasteiger charge is 2.21. The van der Waals surface area contributed by atoms with E-state index in [-0.39, 0.29) is 5.82 Å². The molecule has 0 amide bonds. The Hall–Kier alpha value is -0.970. The van der Waals surface area contributed by atoms with Crippen molar-refractivity contribution in [1.82, 2.24) is 15.1 Å². The first-order valence-electron chi connectivity index (χ1n) is 7.91. The minimum atomic E-state index is -0.168. The molecule has 2 unspecified atom stereocenters. The van der Waals surface area contributed by atoms with Gasteiger partial charge in [-0.15, -0.1) is 0 Å². The molecule has 1 N–H and O–H groups in total. The third-order valence-electron chi connectivity index (χ3n) is 4.57. The smallest absolute Gasteiger partial charge is 0.123 e. The molecule has 1 aliphatic rings. The summed E-state index contributed by atoms with van der Waals surface area (Å²) in [5.74, 6) is -0.168. The molecular weight excluding hydrogens is 265 g/mol. The molecule has 0 aliphatic carbocycles. The summed E-state index contributed by atoms with van der Waals surface area (Å²) in [7, 11) is 6.32. The maximum atomic E-state index is 13.0. The Bertz CT molecular complexity index is 419. The molecule has 0 aromatic heterocycles. The molecule has 0 saturated carbocycles. The van der Waals surface area contributed by atoms with Gasteiger partial charge >= 0.3 is 0 Å². The van der Waals surface area contributed by atoms with Gasteiger partial charge in [-0.1, -0.05) is 12.1 Å². The number of nitrogens with one attached hydrogen (secondary N) is 1. The fourth-order valence-electron chi connectivity index (χ4n) is 3.14. The molecule has 4 heteroatoms. The number of likely N-dealkylation sites (tertiary alicyclic amines) is 1. The van der Waals surface area contributed by atoms with Gasteiger partial charge in [0, 0.05) is 25.2 Å². The van der Waals surface area contributed by atoms with Crippen LogP contribution in [-0.2, 0) is 0 Å². The summed E-state index contributed by atoms with van der Waals surface area (Å²) in [5, 5.41) is 3.35. The summed E-state index contributed by atoms with van der Waals surface area (Å²) < 4.78 is 13.0. The Morgan fingerprint density at radius 3 is 2.67 bits per heavy atom. The first-order valence-corrected chi connectivity index (χ1v) is 7.91. The topological polar surface area (TPSA) is 18.5 Å². The minimum absolute atomic E-state index is 0.168. The van der Waals surface area contributed by atoms with Crippen molar-refractivity contribution in [2.24, 2.45) is 0 Å². The first kappa shape index (κ1) is 16.4. The van der Waals surface area contributed by atoms with Crippen molar-refractivity contribution in [1.29, 1.82) is 0 Å². The van der Waals surface area contributed by atoms with E-state index >= 15 is 0 Å². The molecule has 0 bridgehead atoms. The average Bonchev–Trinajstić information content (AvgIpc) is 2.50. The Balaban J connectivity index is 1.86. The highest BCUT2D eigenvalue weighted by molar-refractivity contribution is 5.19. The van der Waals surface area contributed by atoms with E-state index in [0.717, 1.165) is 19.5 Å². The lowest BCUT2D eigenvalue weighted by molar-refractivity contribution is 0.129. The third kappa shape index (κ3) is 4.77. The van der Waals surface area contributed by atoms with Crippen LogP contribution in [0.25, 0.3) is 0 Å². The van der Waals surface area contributed by atoms with Gasteiger partial charge < -0.3 is 15.1 Å². The maximum Gasteiger partial charge on any atom is 0.123 e. The quantitative estimate of drug-likeness (QED) is 0.869. The molecule has 1 aromatic rings. The summed E-state index contributed by atoms with van der Waals surface area (Å²) in [5.41, 5.74) is 1.17. The molecule has 118 valence electrons. The molecule has 1 saturated heterocycles. The largest absolute Gasteiger partial charge is 0.313 e. The van der Waals surface area contributed by atoms with Crippen molar-refractivity contribution in [2.75, 3.05) is 40.8 Å². The van der Waals surface area contributed by atoms with Crippen LogP contribution >= 0.6 is 0 Å². The van der Waals surface area contributed by atoms with Crippen LogP contribution < -0.4 is 5.32 Å². The van der Waals surface area contributed by atoms with Crippen LogP contribution in [0, 0.1) is 5.82 Å². The number of benzene rings is 1. The van der Waals surface area contributed by atoms with E-state index in [1.54, 1.807) is 12.1 Å². The highest BCUT2D eigenvalue weighted by Crippen LogP contribution is 2.19. The zero-order valence-electron chi connectivity index (χ0n) is 13.5. The Labute approximate surface area is 128 Å². The molecule has 3 nitrogen and oxygen atoms in total. The fourth-order valence-corrected chi connectivity index (χ4v) is 3.14. The number of rotatable bonds is 6. The maximum absolute atomic E-state index is 13.0. The Kier molecular flexibility index (Phi) is 6.15. The number of hydrogen-bond donors (Lipinski definition) is 1. The van der Waals surface area contributed by atoms with Crippen LogP contribution in [0.15, 0.2) is 24.3 Å². The molecule has 1 fully saturated rings. The van der Waals surface area contributed by atoms with Crippen LogP contribution in [0.1, 0.15) is 30.9 Å². The van der Waals surface area contributed by atoms with E-state index in [4.69, 9.17) is 0 Å². The van der Waals surface area contributed by atoms with Crippen LogP contribution in [-0.4, -0.2) is 56.6 Å². The summed E-state index contributed by atoms with van der Waals surface area (Å²) in [6, 6.07) is 7.83. The molecule has 2 rings (SSSR count). The average molecular weight is 293 g/mol. The summed E-state index contributed by atoms with van der Waals surface area (Å²) in [6.07, 6.45) is 3.64. The lowest BCUT2D eigenvalue weighted by atomic mass is 10.0. The molecule has 0 radical (unpaired) electrons. The van der Waals surface area contributed by atoms with Gasteiger partial charge in [0.1, 0.15) is 5.82 Å². The van der Waals surface area contributed by atoms with Crippen LogP contribution in [0.2, 0.25) is 0 Å². The summed E-state index contributed by atoms with van der Waals surface area (Å²) in [6.45, 7) is 3.45. The molecule has 1 aliphatic heterocycles. The van der Waals surface area contributed by atoms with Crippen molar-refractivity contribution in [3.63, 3.8) is 0 Å². The SMILES string of the molecule is CNC(CCN1CCCC(N(C)C)C1)c1ccc(F)cc1. The molecule has 0 spiro atoms. The van der Waals surface area contributed by atoms with Crippen molar-refractivity contribution in [3.05, 3.63) is 35.6 Å². The van der Waals surface area contributed by atoms with Gasteiger partial charge in [0.05, 0.1) is 0 Å². The Morgan fingerprint density at radius 1 is 1.33 bits per heavy atom. The second-order valence-corrected chi connectivity index (χ2v) is 6.24. The minimum Gasteiger partial charge on any atom is -0.313 e. The van der Waals surface area contributed by atoms with Gasteiger partial charge in [0.2, 0.25) is 0 Å². The zero-order chi connectivity index (χ0) is 15.2. The fraction of sp³-hybridized carbons (Fsp3) is 0.647. The highest BCUT2D eigenvalue weighted by atomic mass is 19.1. The van der Waals surface area contributed by atoms with Gasteiger partial charge in [-0.2, -0.15) is 0 Å². The predicted molar refractivity (Wildman–Crippen MR) is 86.0 cm³/mol. The summed E-state index contributed by atoms with van der Waals surface area (Å²) in [4.78, 5) is 4.89. The lowest BCUT2D eigenvalue weighted by Crippen LogP contribution is -2.45. The second-order valence-electron chi connectivity index (χ2n) is 6.24. The number of hydrogen-bond acceptors (Lipinski definition) is 3. The lowest BCUT2D eigenvalue weighted by Gasteiger charge is -2.36. The normalized spacial score (nSPS) is 21.7. The third-order valence-corrected chi connectivity index (χ3v) is 4.57. The number of nitrogens with zero attached hydrogens (tertiary/aromatic N) is 2. The van der Waals surface area contributed by atoms with Gasteiger partial charge in [-0.05, 0) is 64.6 Å². The van der Waals surface area contributed by atoms with Crippen LogP contribution in [0.4, 0.5) is 4.39 Å². The van der Waals surface area contributed by atoms with E-state index in [2.05, 4.69) is 29.2 Å². The van der Waals surface area contributed by atoms with E-state index in [9.17, 15) is 4.39 Å². The number of piperidine rings is 1. The second kappa shape index (κ2) is 7.87. The first-order chi connectivity index (χ1) is 10.1. The standard InChI is InChI=1S/C17H28FN3/c1-19-17(14-6-8-15(18)9-7-14)10-12-21-11-4-5-16(13-21)20(2)3/h6-9,16-17,19H,4-5,10-13H2,1-3H3. The van der Waals surface area contributed by atoms with Crippen molar-refractivity contribution in [2.45, 2.75) is 31.3 Å². The van der Waals surface area contributed by atoms with Gasteiger partial charge in [-0.3, -0.25) is 0 Å². The van der Waals surface area contributed by atoms with Gasteiger partial charge in [0.15, 0.2) is 0 Å². The molecule has 21 heavy (non-hydrogen) atoms. The van der Waals surface area contributed by atoms with E-state index in [1.807, 2.05) is 19.2 Å². The van der Waals surface area contributed by atoms with Crippen LogP contribution in [0.5, 0.6) is 0 Å². The Morgan fingerprint density at radius 2 is 2.05 bits per heavy atom. The monoisotopic (exact) mass is 293 g/mol. The number of halogens is 1. The molecular formula is C17H28FN3. The number of likely N-dealkylation sites (N-methyl/N-ethyl adjacent to an activating group) is 1. The molecule has 1 heterocycles. The molecule has 1 aromatic carbocycles. The van der Waals surface area contributed by atoms with Gasteiger partial charge in [0.25, 0.3) is 0 Å². The van der Waals surface area contributed by atoms with E-state index in [0.29, 0.717) is 12.1 Å². The van der Waals surface area contributed by atoms with E-state index in [1.165, 1.54) is 24.9 Å². The van der Waals surface area contributed by atoms with Crippen molar-refractivity contribution in [3.8, 4) is 0 Å². The van der Waals surface area contributed by atoms with Gasteiger partial charge in [-0.25, -0.2) is 4.39 Å². The van der Waals surface area contributed by atoms with Crippen molar-refractivity contribution >= 4 is 0 Å². The summed E-state index contributed by atoms with van der Waals surface area (Å²) >= 11 is 0. The molecule has 2 atom stereocenters.